The number of hydrogen-bond acceptors (Lipinski definition) is 4. The summed E-state index contributed by atoms with van der Waals surface area (Å²) in [6.45, 7) is 4.12. The quantitative estimate of drug-likeness (QED) is 0.697. The molecule has 0 bridgehead atoms. The Bertz CT molecular complexity index is 971. The summed E-state index contributed by atoms with van der Waals surface area (Å²) < 4.78 is 1.77. The van der Waals surface area contributed by atoms with Crippen molar-refractivity contribution in [1.82, 2.24) is 25.5 Å². The Balaban J connectivity index is 1.67. The molecule has 29 heavy (non-hydrogen) atoms. The summed E-state index contributed by atoms with van der Waals surface area (Å²) in [5, 5.41) is 18.7. The minimum absolute atomic E-state index is 0.243. The van der Waals surface area contributed by atoms with E-state index in [1.807, 2.05) is 30.3 Å². The number of para-hydroxylation sites is 1. The van der Waals surface area contributed by atoms with E-state index in [1.54, 1.807) is 4.68 Å². The molecule has 0 aliphatic heterocycles. The predicted octanol–water partition coefficient (Wildman–Crippen LogP) is 4.26. The SMILES string of the molecule is Cc1cc(C)cc(-n2nnnc2C2(NC(=O)Nc3ccccc3)CCCCC2)c1. The normalized spacial score (nSPS) is 15.7. The second kappa shape index (κ2) is 8.03. The summed E-state index contributed by atoms with van der Waals surface area (Å²) in [7, 11) is 0. The highest BCUT2D eigenvalue weighted by Gasteiger charge is 2.40. The number of rotatable bonds is 4. The van der Waals surface area contributed by atoms with E-state index in [9.17, 15) is 4.79 Å². The summed E-state index contributed by atoms with van der Waals surface area (Å²) in [6.07, 6.45) is 4.80. The summed E-state index contributed by atoms with van der Waals surface area (Å²) in [4.78, 5) is 12.8. The number of carbonyl (C=O) groups is 1. The first kappa shape index (κ1) is 19.1. The molecular weight excluding hydrogens is 364 g/mol. The maximum absolute atomic E-state index is 12.8. The van der Waals surface area contributed by atoms with E-state index < -0.39 is 5.54 Å². The Morgan fingerprint density at radius 3 is 2.38 bits per heavy atom. The molecule has 1 aliphatic rings. The van der Waals surface area contributed by atoms with E-state index in [1.165, 1.54) is 0 Å². The van der Waals surface area contributed by atoms with Crippen molar-refractivity contribution in [2.24, 2.45) is 0 Å². The lowest BCUT2D eigenvalue weighted by atomic mass is 9.81. The lowest BCUT2D eigenvalue weighted by Crippen LogP contribution is -2.50. The van der Waals surface area contributed by atoms with Gasteiger partial charge in [0.05, 0.1) is 5.69 Å². The van der Waals surface area contributed by atoms with Gasteiger partial charge in [0.15, 0.2) is 5.82 Å². The van der Waals surface area contributed by atoms with Crippen LogP contribution in [0.15, 0.2) is 48.5 Å². The fourth-order valence-corrected chi connectivity index (χ4v) is 4.19. The van der Waals surface area contributed by atoms with E-state index in [0.717, 1.165) is 54.6 Å². The average molecular weight is 390 g/mol. The Labute approximate surface area is 170 Å². The standard InChI is InChI=1S/C22H26N6O/c1-16-13-17(2)15-19(14-16)28-20(25-26-27-28)22(11-7-4-8-12-22)24-21(29)23-18-9-5-3-6-10-18/h3,5-6,9-10,13-15H,4,7-8,11-12H2,1-2H3,(H2,23,24,29). The summed E-state index contributed by atoms with van der Waals surface area (Å²) >= 11 is 0. The second-order valence-corrected chi connectivity index (χ2v) is 7.85. The van der Waals surface area contributed by atoms with E-state index in [2.05, 4.69) is 58.2 Å². The van der Waals surface area contributed by atoms with Crippen LogP contribution in [0.1, 0.15) is 49.1 Å². The number of nitrogens with one attached hydrogen (secondary N) is 2. The van der Waals surface area contributed by atoms with Gasteiger partial charge in [-0.15, -0.1) is 5.10 Å². The van der Waals surface area contributed by atoms with Crippen LogP contribution in [0.2, 0.25) is 0 Å². The van der Waals surface area contributed by atoms with E-state index >= 15 is 0 Å². The number of aryl methyl sites for hydroxylation is 2. The molecule has 150 valence electrons. The molecule has 1 heterocycles. The van der Waals surface area contributed by atoms with Crippen LogP contribution in [0, 0.1) is 13.8 Å². The summed E-state index contributed by atoms with van der Waals surface area (Å²) in [5.74, 6) is 0.686. The highest BCUT2D eigenvalue weighted by Crippen LogP contribution is 2.37. The largest absolute Gasteiger partial charge is 0.325 e. The van der Waals surface area contributed by atoms with Crippen LogP contribution in [0.4, 0.5) is 10.5 Å². The summed E-state index contributed by atoms with van der Waals surface area (Å²) in [6, 6.07) is 15.5. The molecular formula is C22H26N6O. The molecule has 3 aromatic rings. The predicted molar refractivity (Wildman–Crippen MR) is 112 cm³/mol. The van der Waals surface area contributed by atoms with Crippen molar-refractivity contribution in [1.29, 1.82) is 0 Å². The van der Waals surface area contributed by atoms with Gasteiger partial charge in [0.25, 0.3) is 0 Å². The first-order valence-electron chi connectivity index (χ1n) is 10.1. The van der Waals surface area contributed by atoms with Gasteiger partial charge in [0, 0.05) is 5.69 Å². The molecule has 0 unspecified atom stereocenters. The number of amides is 2. The van der Waals surface area contributed by atoms with Crippen molar-refractivity contribution in [2.75, 3.05) is 5.32 Å². The van der Waals surface area contributed by atoms with Crippen LogP contribution >= 0.6 is 0 Å². The molecule has 1 aliphatic carbocycles. The van der Waals surface area contributed by atoms with E-state index in [4.69, 9.17) is 0 Å². The zero-order valence-electron chi connectivity index (χ0n) is 16.9. The van der Waals surface area contributed by atoms with Crippen LogP contribution in [0.5, 0.6) is 0 Å². The van der Waals surface area contributed by atoms with Crippen LogP contribution in [-0.4, -0.2) is 26.2 Å². The Morgan fingerprint density at radius 2 is 1.69 bits per heavy atom. The third kappa shape index (κ3) is 4.13. The topological polar surface area (TPSA) is 84.7 Å². The van der Waals surface area contributed by atoms with Crippen molar-refractivity contribution in [3.63, 3.8) is 0 Å². The second-order valence-electron chi connectivity index (χ2n) is 7.85. The van der Waals surface area contributed by atoms with E-state index in [0.29, 0.717) is 5.82 Å². The molecule has 0 atom stereocenters. The number of hydrogen-bond donors (Lipinski definition) is 2. The fraction of sp³-hybridized carbons (Fsp3) is 0.364. The summed E-state index contributed by atoms with van der Waals surface area (Å²) in [5.41, 5.74) is 3.36. The van der Waals surface area contributed by atoms with Gasteiger partial charge in [-0.05, 0) is 72.5 Å². The van der Waals surface area contributed by atoms with Gasteiger partial charge in [0.1, 0.15) is 5.54 Å². The average Bonchev–Trinajstić information content (AvgIpc) is 3.19. The van der Waals surface area contributed by atoms with Crippen molar-refractivity contribution in [2.45, 2.75) is 51.5 Å². The van der Waals surface area contributed by atoms with E-state index in [-0.39, 0.29) is 6.03 Å². The zero-order chi connectivity index (χ0) is 20.3. The Hall–Kier alpha value is -3.22. The lowest BCUT2D eigenvalue weighted by molar-refractivity contribution is 0.204. The molecule has 1 aromatic heterocycles. The Morgan fingerprint density at radius 1 is 1.00 bits per heavy atom. The minimum Gasteiger partial charge on any atom is -0.325 e. The highest BCUT2D eigenvalue weighted by atomic mass is 16.2. The molecule has 2 N–H and O–H groups in total. The van der Waals surface area contributed by atoms with Gasteiger partial charge in [-0.1, -0.05) is 43.5 Å². The number of urea groups is 1. The number of nitrogens with zero attached hydrogens (tertiary/aromatic N) is 4. The molecule has 0 saturated heterocycles. The third-order valence-corrected chi connectivity index (χ3v) is 5.44. The highest BCUT2D eigenvalue weighted by molar-refractivity contribution is 5.89. The van der Waals surface area contributed by atoms with Crippen molar-refractivity contribution >= 4 is 11.7 Å². The van der Waals surface area contributed by atoms with Crippen molar-refractivity contribution < 1.29 is 4.79 Å². The number of aromatic nitrogens is 4. The number of carbonyl (C=O) groups excluding carboxylic acids is 1. The molecule has 2 aromatic carbocycles. The number of benzene rings is 2. The van der Waals surface area contributed by atoms with Crippen LogP contribution in [-0.2, 0) is 5.54 Å². The zero-order valence-corrected chi connectivity index (χ0v) is 16.9. The lowest BCUT2D eigenvalue weighted by Gasteiger charge is -2.36. The molecule has 0 radical (unpaired) electrons. The van der Waals surface area contributed by atoms with Crippen LogP contribution in [0.3, 0.4) is 0 Å². The molecule has 2 amide bonds. The fourth-order valence-electron chi connectivity index (χ4n) is 4.19. The minimum atomic E-state index is -0.599. The monoisotopic (exact) mass is 390 g/mol. The van der Waals surface area contributed by atoms with Gasteiger partial charge in [-0.25, -0.2) is 4.79 Å². The maximum Gasteiger partial charge on any atom is 0.320 e. The molecule has 7 nitrogen and oxygen atoms in total. The smallest absolute Gasteiger partial charge is 0.320 e. The van der Waals surface area contributed by atoms with Crippen molar-refractivity contribution in [3.8, 4) is 5.69 Å². The third-order valence-electron chi connectivity index (χ3n) is 5.44. The number of tetrazole rings is 1. The van der Waals surface area contributed by atoms with Crippen molar-refractivity contribution in [3.05, 3.63) is 65.5 Å². The molecule has 0 spiro atoms. The molecule has 7 heteroatoms. The Kier molecular flexibility index (Phi) is 5.29. The van der Waals surface area contributed by atoms with Gasteiger partial charge in [0.2, 0.25) is 0 Å². The van der Waals surface area contributed by atoms with Crippen LogP contribution in [0.25, 0.3) is 5.69 Å². The molecule has 4 rings (SSSR count). The molecule has 1 fully saturated rings. The first-order valence-corrected chi connectivity index (χ1v) is 10.1. The maximum atomic E-state index is 12.8. The van der Waals surface area contributed by atoms with Gasteiger partial charge < -0.3 is 10.6 Å². The van der Waals surface area contributed by atoms with Crippen LogP contribution < -0.4 is 10.6 Å². The van der Waals surface area contributed by atoms with Gasteiger partial charge >= 0.3 is 6.03 Å². The van der Waals surface area contributed by atoms with Gasteiger partial charge in [-0.3, -0.25) is 0 Å². The first-order chi connectivity index (χ1) is 14.1. The van der Waals surface area contributed by atoms with Gasteiger partial charge in [-0.2, -0.15) is 4.68 Å². The number of anilines is 1. The molecule has 1 saturated carbocycles.